The number of nitrogens with zero attached hydrogens (tertiary/aromatic N) is 2. The van der Waals surface area contributed by atoms with Gasteiger partial charge in [-0.05, 0) is 32.6 Å². The Kier molecular flexibility index (Phi) is 5.24. The summed E-state index contributed by atoms with van der Waals surface area (Å²) in [6, 6.07) is 2.23. The fourth-order valence-corrected chi connectivity index (χ4v) is 2.84. The molecule has 1 saturated carbocycles. The molecule has 0 spiro atoms. The largest absolute Gasteiger partial charge is 0.450 e. The lowest BCUT2D eigenvalue weighted by Gasteiger charge is -2.32. The molecule has 2 N–H and O–H groups in total. The second-order valence-corrected chi connectivity index (χ2v) is 6.25. The van der Waals surface area contributed by atoms with E-state index in [1.54, 1.807) is 18.7 Å². The van der Waals surface area contributed by atoms with E-state index in [2.05, 4.69) is 11.4 Å². The predicted octanol–water partition coefficient (Wildman–Crippen LogP) is -0.848. The van der Waals surface area contributed by atoms with Crippen LogP contribution in [-0.4, -0.2) is 61.8 Å². The van der Waals surface area contributed by atoms with Crippen molar-refractivity contribution in [3.05, 3.63) is 0 Å². The lowest BCUT2D eigenvalue weighted by molar-refractivity contribution is -0.896. The molecule has 7 heteroatoms. The molecular formula is C15H25N4O3+. The van der Waals surface area contributed by atoms with E-state index in [0.717, 1.165) is 30.8 Å². The van der Waals surface area contributed by atoms with E-state index in [-0.39, 0.29) is 17.9 Å². The van der Waals surface area contributed by atoms with Gasteiger partial charge in [0.1, 0.15) is 5.54 Å². The lowest BCUT2D eigenvalue weighted by atomic mass is 9.98. The summed E-state index contributed by atoms with van der Waals surface area (Å²) in [6.45, 7) is 6.95. The van der Waals surface area contributed by atoms with Crippen LogP contribution < -0.4 is 10.2 Å². The molecular weight excluding hydrogens is 284 g/mol. The minimum absolute atomic E-state index is 0.0875. The minimum Gasteiger partial charge on any atom is -0.450 e. The van der Waals surface area contributed by atoms with Gasteiger partial charge in [-0.3, -0.25) is 9.69 Å². The molecule has 22 heavy (non-hydrogen) atoms. The van der Waals surface area contributed by atoms with Gasteiger partial charge >= 0.3 is 6.09 Å². The van der Waals surface area contributed by atoms with Gasteiger partial charge in [0.05, 0.1) is 38.9 Å². The molecule has 2 amide bonds. The maximum absolute atomic E-state index is 12.1. The van der Waals surface area contributed by atoms with Crippen LogP contribution in [0.3, 0.4) is 0 Å². The molecule has 7 nitrogen and oxygen atoms in total. The van der Waals surface area contributed by atoms with E-state index < -0.39 is 5.54 Å². The van der Waals surface area contributed by atoms with Gasteiger partial charge in [-0.1, -0.05) is 0 Å². The van der Waals surface area contributed by atoms with E-state index in [4.69, 9.17) is 4.74 Å². The Morgan fingerprint density at radius 2 is 2.05 bits per heavy atom. The summed E-state index contributed by atoms with van der Waals surface area (Å²) in [4.78, 5) is 26.6. The summed E-state index contributed by atoms with van der Waals surface area (Å²) in [5.74, 6) is 0.202. The summed E-state index contributed by atoms with van der Waals surface area (Å²) in [7, 11) is 0. The maximum atomic E-state index is 12.1. The lowest BCUT2D eigenvalue weighted by Crippen LogP contribution is -3.16. The van der Waals surface area contributed by atoms with Gasteiger partial charge in [0.15, 0.2) is 6.54 Å². The van der Waals surface area contributed by atoms with Crippen LogP contribution in [-0.2, 0) is 9.53 Å². The average Bonchev–Trinajstić information content (AvgIpc) is 3.33. The highest BCUT2D eigenvalue weighted by Gasteiger charge is 2.43. The highest BCUT2D eigenvalue weighted by atomic mass is 16.6. The van der Waals surface area contributed by atoms with Crippen molar-refractivity contribution in [1.82, 2.24) is 10.2 Å². The molecule has 1 aliphatic carbocycles. The molecule has 2 aliphatic rings. The molecule has 1 heterocycles. The van der Waals surface area contributed by atoms with E-state index in [9.17, 15) is 14.9 Å². The minimum atomic E-state index is -0.733. The van der Waals surface area contributed by atoms with Crippen LogP contribution in [0.2, 0.25) is 0 Å². The number of rotatable bonds is 5. The summed E-state index contributed by atoms with van der Waals surface area (Å²) in [5.41, 5.74) is -0.733. The maximum Gasteiger partial charge on any atom is 0.410 e. The first-order valence-electron chi connectivity index (χ1n) is 7.96. The van der Waals surface area contributed by atoms with Crippen LogP contribution in [0.1, 0.15) is 26.7 Å². The van der Waals surface area contributed by atoms with Gasteiger partial charge in [0.2, 0.25) is 0 Å². The summed E-state index contributed by atoms with van der Waals surface area (Å²) in [6.07, 6.45) is 1.74. The fraction of sp³-hybridized carbons (Fsp3) is 0.800. The first kappa shape index (κ1) is 16.6. The molecule has 0 aromatic heterocycles. The molecule has 0 aromatic carbocycles. The van der Waals surface area contributed by atoms with Crippen molar-refractivity contribution in [2.24, 2.45) is 5.92 Å². The van der Waals surface area contributed by atoms with Crippen LogP contribution in [0.25, 0.3) is 0 Å². The third kappa shape index (κ3) is 4.10. The van der Waals surface area contributed by atoms with Crippen LogP contribution in [0.15, 0.2) is 0 Å². The van der Waals surface area contributed by atoms with Crippen molar-refractivity contribution >= 4 is 12.0 Å². The van der Waals surface area contributed by atoms with Crippen molar-refractivity contribution in [1.29, 1.82) is 5.26 Å². The van der Waals surface area contributed by atoms with Crippen LogP contribution in [0.5, 0.6) is 0 Å². The Hall–Kier alpha value is -1.81. The fourth-order valence-electron chi connectivity index (χ4n) is 2.84. The molecule has 122 valence electrons. The topological polar surface area (TPSA) is 86.9 Å². The van der Waals surface area contributed by atoms with Gasteiger partial charge in [0, 0.05) is 0 Å². The molecule has 0 unspecified atom stereocenters. The molecule has 2 rings (SSSR count). The number of quaternary nitrogens is 1. The van der Waals surface area contributed by atoms with Crippen molar-refractivity contribution in [3.63, 3.8) is 0 Å². The van der Waals surface area contributed by atoms with Crippen LogP contribution >= 0.6 is 0 Å². The zero-order valence-corrected chi connectivity index (χ0v) is 13.4. The number of nitrogens with one attached hydrogen (secondary N) is 2. The van der Waals surface area contributed by atoms with Crippen molar-refractivity contribution in [2.45, 2.75) is 32.2 Å². The second kappa shape index (κ2) is 6.97. The number of ether oxygens (including phenoxy) is 1. The monoisotopic (exact) mass is 309 g/mol. The average molecular weight is 309 g/mol. The SMILES string of the molecule is CCOC(=O)N1CC[NH+](CC(=O)N[C@@](C)(C#N)C2CC2)CC1. The van der Waals surface area contributed by atoms with Gasteiger partial charge in [-0.15, -0.1) is 0 Å². The Morgan fingerprint density at radius 3 is 2.55 bits per heavy atom. The zero-order valence-electron chi connectivity index (χ0n) is 13.4. The van der Waals surface area contributed by atoms with Crippen molar-refractivity contribution in [2.75, 3.05) is 39.3 Å². The first-order chi connectivity index (χ1) is 10.5. The first-order valence-corrected chi connectivity index (χ1v) is 7.96. The van der Waals surface area contributed by atoms with E-state index in [0.29, 0.717) is 26.2 Å². The normalized spacial score (nSPS) is 21.6. The number of piperazine rings is 1. The molecule has 2 fully saturated rings. The Labute approximate surface area is 131 Å². The molecule has 1 aliphatic heterocycles. The Balaban J connectivity index is 1.75. The Bertz CT molecular complexity index is 464. The highest BCUT2D eigenvalue weighted by Crippen LogP contribution is 2.39. The standard InChI is InChI=1S/C15H24N4O3/c1-3-22-14(21)19-8-6-18(7-9-19)10-13(20)17-15(2,11-16)12-4-5-12/h12H,3-10H2,1-2H3,(H,17,20)/p+1/t15-/m0/s1. The van der Waals surface area contributed by atoms with Gasteiger partial charge in [-0.2, -0.15) is 5.26 Å². The summed E-state index contributed by atoms with van der Waals surface area (Å²) in [5, 5.41) is 12.1. The number of carbonyl (C=O) groups is 2. The zero-order chi connectivity index (χ0) is 16.2. The number of nitriles is 1. The Morgan fingerprint density at radius 1 is 1.41 bits per heavy atom. The molecule has 0 bridgehead atoms. The predicted molar refractivity (Wildman–Crippen MR) is 79.0 cm³/mol. The van der Waals surface area contributed by atoms with E-state index in [1.807, 2.05) is 0 Å². The third-order valence-electron chi connectivity index (χ3n) is 4.43. The number of carbonyl (C=O) groups excluding carboxylic acids is 2. The van der Waals surface area contributed by atoms with Crippen LogP contribution in [0, 0.1) is 17.2 Å². The van der Waals surface area contributed by atoms with Gasteiger partial charge in [0.25, 0.3) is 5.91 Å². The molecule has 1 atom stereocenters. The molecule has 0 radical (unpaired) electrons. The number of hydrogen-bond acceptors (Lipinski definition) is 4. The van der Waals surface area contributed by atoms with Gasteiger partial charge in [-0.25, -0.2) is 4.79 Å². The van der Waals surface area contributed by atoms with E-state index >= 15 is 0 Å². The molecule has 1 saturated heterocycles. The number of hydrogen-bond donors (Lipinski definition) is 2. The highest BCUT2D eigenvalue weighted by molar-refractivity contribution is 5.78. The number of amides is 2. The van der Waals surface area contributed by atoms with Gasteiger partial charge < -0.3 is 15.0 Å². The summed E-state index contributed by atoms with van der Waals surface area (Å²) < 4.78 is 4.97. The second-order valence-electron chi connectivity index (χ2n) is 6.25. The smallest absolute Gasteiger partial charge is 0.410 e. The molecule has 0 aromatic rings. The van der Waals surface area contributed by atoms with Crippen molar-refractivity contribution < 1.29 is 19.2 Å². The third-order valence-corrected chi connectivity index (χ3v) is 4.43. The van der Waals surface area contributed by atoms with Crippen LogP contribution in [0.4, 0.5) is 4.79 Å². The van der Waals surface area contributed by atoms with E-state index in [1.165, 1.54) is 0 Å². The van der Waals surface area contributed by atoms with Crippen molar-refractivity contribution in [3.8, 4) is 6.07 Å². The quantitative estimate of drug-likeness (QED) is 0.693. The summed E-state index contributed by atoms with van der Waals surface area (Å²) >= 11 is 0.